The number of hydrogen-bond acceptors (Lipinski definition) is 2. The molecule has 0 radical (unpaired) electrons. The van der Waals surface area contributed by atoms with E-state index >= 15 is 0 Å². The summed E-state index contributed by atoms with van der Waals surface area (Å²) in [5.74, 6) is 4.57. The van der Waals surface area contributed by atoms with Crippen LogP contribution in [-0.2, 0) is 4.84 Å². The minimum Gasteiger partial charge on any atom is -0.292 e. The molecule has 2 N–H and O–H groups in total. The molecular weight excluding hydrogens is 260 g/mol. The molecule has 5 heteroatoms. The maximum absolute atomic E-state index is 12.8. The van der Waals surface area contributed by atoms with Gasteiger partial charge >= 0.3 is 0 Å². The zero-order valence-corrected chi connectivity index (χ0v) is 10.2. The SMILES string of the molecule is Cl.NOC(c1ccc(F)cc1)c1ccc(F)cc1. The molecule has 18 heavy (non-hydrogen) atoms. The maximum Gasteiger partial charge on any atom is 0.129 e. The Morgan fingerprint density at radius 3 is 1.39 bits per heavy atom. The lowest BCUT2D eigenvalue weighted by Gasteiger charge is -2.15. The quantitative estimate of drug-likeness (QED) is 0.869. The predicted molar refractivity (Wildman–Crippen MR) is 67.2 cm³/mol. The summed E-state index contributed by atoms with van der Waals surface area (Å²) >= 11 is 0. The minimum atomic E-state index is -0.531. The van der Waals surface area contributed by atoms with Gasteiger partial charge in [-0.05, 0) is 35.4 Å². The second kappa shape index (κ2) is 6.44. The van der Waals surface area contributed by atoms with Crippen molar-refractivity contribution in [2.24, 2.45) is 5.90 Å². The molecule has 96 valence electrons. The predicted octanol–water partition coefficient (Wildman–Crippen LogP) is 3.37. The molecule has 2 rings (SSSR count). The van der Waals surface area contributed by atoms with E-state index in [1.807, 2.05) is 0 Å². The van der Waals surface area contributed by atoms with E-state index in [1.54, 1.807) is 24.3 Å². The van der Waals surface area contributed by atoms with Crippen LogP contribution in [-0.4, -0.2) is 0 Å². The van der Waals surface area contributed by atoms with Gasteiger partial charge in [0.15, 0.2) is 0 Å². The first-order valence-corrected chi connectivity index (χ1v) is 5.07. The summed E-state index contributed by atoms with van der Waals surface area (Å²) in [6, 6.07) is 11.6. The Balaban J connectivity index is 0.00000162. The van der Waals surface area contributed by atoms with Crippen molar-refractivity contribution in [3.05, 3.63) is 71.3 Å². The van der Waals surface area contributed by atoms with Crippen LogP contribution in [0.5, 0.6) is 0 Å². The van der Waals surface area contributed by atoms with Crippen LogP contribution in [0.3, 0.4) is 0 Å². The molecule has 2 nitrogen and oxygen atoms in total. The van der Waals surface area contributed by atoms with E-state index in [9.17, 15) is 8.78 Å². The van der Waals surface area contributed by atoms with E-state index in [-0.39, 0.29) is 24.0 Å². The largest absolute Gasteiger partial charge is 0.292 e. The molecule has 0 aromatic heterocycles. The van der Waals surface area contributed by atoms with Crippen molar-refractivity contribution in [1.29, 1.82) is 0 Å². The summed E-state index contributed by atoms with van der Waals surface area (Å²) in [5, 5.41) is 0. The van der Waals surface area contributed by atoms with Crippen molar-refractivity contribution >= 4 is 12.4 Å². The van der Waals surface area contributed by atoms with Crippen LogP contribution in [0.4, 0.5) is 8.78 Å². The third-order valence-electron chi connectivity index (χ3n) is 2.48. The van der Waals surface area contributed by atoms with Gasteiger partial charge in [-0.2, -0.15) is 0 Å². The van der Waals surface area contributed by atoms with Gasteiger partial charge in [-0.1, -0.05) is 24.3 Å². The number of rotatable bonds is 3. The molecule has 0 aliphatic heterocycles. The first-order chi connectivity index (χ1) is 8.20. The smallest absolute Gasteiger partial charge is 0.129 e. The Morgan fingerprint density at radius 1 is 0.778 bits per heavy atom. The maximum atomic E-state index is 12.8. The summed E-state index contributed by atoms with van der Waals surface area (Å²) in [5.41, 5.74) is 1.42. The van der Waals surface area contributed by atoms with Gasteiger partial charge in [0.2, 0.25) is 0 Å². The van der Waals surface area contributed by atoms with E-state index in [2.05, 4.69) is 0 Å². The Bertz CT molecular complexity index is 442. The average Bonchev–Trinajstić information content (AvgIpc) is 2.35. The van der Waals surface area contributed by atoms with Gasteiger partial charge in [0.25, 0.3) is 0 Å². The fraction of sp³-hybridized carbons (Fsp3) is 0.0769. The molecular formula is C13H12ClF2NO. The molecule has 0 atom stereocenters. The number of benzene rings is 2. The van der Waals surface area contributed by atoms with Crippen molar-refractivity contribution in [2.45, 2.75) is 6.10 Å². The Labute approximate surface area is 110 Å². The molecule has 0 unspecified atom stereocenters. The van der Waals surface area contributed by atoms with E-state index in [0.29, 0.717) is 11.1 Å². The van der Waals surface area contributed by atoms with Gasteiger partial charge in [-0.25, -0.2) is 14.7 Å². The van der Waals surface area contributed by atoms with E-state index in [1.165, 1.54) is 24.3 Å². The third kappa shape index (κ3) is 3.26. The van der Waals surface area contributed by atoms with Gasteiger partial charge < -0.3 is 0 Å². The Morgan fingerprint density at radius 2 is 1.11 bits per heavy atom. The number of nitrogens with two attached hydrogens (primary N) is 1. The van der Waals surface area contributed by atoms with Crippen molar-refractivity contribution in [2.75, 3.05) is 0 Å². The van der Waals surface area contributed by atoms with Gasteiger partial charge in [0, 0.05) is 0 Å². The van der Waals surface area contributed by atoms with Crippen molar-refractivity contribution in [3.8, 4) is 0 Å². The second-order valence-corrected chi connectivity index (χ2v) is 3.62. The highest BCUT2D eigenvalue weighted by Gasteiger charge is 2.13. The first kappa shape index (κ1) is 14.6. The lowest BCUT2D eigenvalue weighted by molar-refractivity contribution is 0.0812. The van der Waals surface area contributed by atoms with Crippen LogP contribution in [0.15, 0.2) is 48.5 Å². The van der Waals surface area contributed by atoms with Gasteiger partial charge in [-0.15, -0.1) is 12.4 Å². The van der Waals surface area contributed by atoms with Crippen LogP contribution < -0.4 is 5.90 Å². The molecule has 0 aliphatic rings. The third-order valence-corrected chi connectivity index (χ3v) is 2.48. The zero-order chi connectivity index (χ0) is 12.3. The van der Waals surface area contributed by atoms with Crippen LogP contribution >= 0.6 is 12.4 Å². The normalized spacial score (nSPS) is 10.2. The highest BCUT2D eigenvalue weighted by atomic mass is 35.5. The van der Waals surface area contributed by atoms with Crippen molar-refractivity contribution in [1.82, 2.24) is 0 Å². The van der Waals surface area contributed by atoms with Gasteiger partial charge in [0.1, 0.15) is 17.7 Å². The summed E-state index contributed by atoms with van der Waals surface area (Å²) in [7, 11) is 0. The van der Waals surface area contributed by atoms with Crippen LogP contribution in [0.1, 0.15) is 17.2 Å². The topological polar surface area (TPSA) is 35.2 Å². The number of hydrogen-bond donors (Lipinski definition) is 1. The molecule has 0 heterocycles. The molecule has 0 aliphatic carbocycles. The first-order valence-electron chi connectivity index (χ1n) is 5.07. The Kier molecular flexibility index (Phi) is 5.22. The van der Waals surface area contributed by atoms with E-state index in [4.69, 9.17) is 10.7 Å². The molecule has 2 aromatic carbocycles. The molecule has 0 spiro atoms. The fourth-order valence-electron chi connectivity index (χ4n) is 1.62. The van der Waals surface area contributed by atoms with E-state index in [0.717, 1.165) is 0 Å². The summed E-state index contributed by atoms with van der Waals surface area (Å²) in [4.78, 5) is 4.86. The molecule has 0 fully saturated rings. The zero-order valence-electron chi connectivity index (χ0n) is 9.35. The molecule has 0 amide bonds. The fourth-order valence-corrected chi connectivity index (χ4v) is 1.62. The van der Waals surface area contributed by atoms with Crippen molar-refractivity contribution in [3.63, 3.8) is 0 Å². The second-order valence-electron chi connectivity index (χ2n) is 3.62. The molecule has 0 saturated carbocycles. The van der Waals surface area contributed by atoms with Crippen LogP contribution in [0.2, 0.25) is 0 Å². The van der Waals surface area contributed by atoms with Crippen molar-refractivity contribution < 1.29 is 13.6 Å². The summed E-state index contributed by atoms with van der Waals surface area (Å²) in [6.07, 6.45) is -0.531. The standard InChI is InChI=1S/C13H11F2NO.ClH/c14-11-5-1-9(2-6-11)13(17-16)10-3-7-12(15)8-4-10;/h1-8,13H,16H2;1H. The van der Waals surface area contributed by atoms with Crippen LogP contribution in [0, 0.1) is 11.6 Å². The number of halogens is 3. The highest BCUT2D eigenvalue weighted by Crippen LogP contribution is 2.24. The van der Waals surface area contributed by atoms with Crippen LogP contribution in [0.25, 0.3) is 0 Å². The molecule has 0 saturated heterocycles. The minimum absolute atomic E-state index is 0. The van der Waals surface area contributed by atoms with Gasteiger partial charge in [-0.3, -0.25) is 4.84 Å². The Hall–Kier alpha value is -1.49. The lowest BCUT2D eigenvalue weighted by atomic mass is 10.0. The van der Waals surface area contributed by atoms with E-state index < -0.39 is 6.10 Å². The molecule has 0 bridgehead atoms. The molecule has 2 aromatic rings. The van der Waals surface area contributed by atoms with Gasteiger partial charge in [0.05, 0.1) is 0 Å². The summed E-state index contributed by atoms with van der Waals surface area (Å²) < 4.78 is 25.6. The lowest BCUT2D eigenvalue weighted by Crippen LogP contribution is -2.10. The monoisotopic (exact) mass is 271 g/mol. The summed E-state index contributed by atoms with van der Waals surface area (Å²) in [6.45, 7) is 0. The average molecular weight is 272 g/mol. The highest BCUT2D eigenvalue weighted by molar-refractivity contribution is 5.85.